The minimum atomic E-state index is -0.420. The molecular formula is C23H26O7. The summed E-state index contributed by atoms with van der Waals surface area (Å²) in [5, 5.41) is 0. The summed E-state index contributed by atoms with van der Waals surface area (Å²) in [6.07, 6.45) is 2.39. The van der Waals surface area contributed by atoms with Crippen LogP contribution in [0.25, 0.3) is 6.08 Å². The number of ether oxygens (including phenoxy) is 6. The van der Waals surface area contributed by atoms with Gasteiger partial charge >= 0.3 is 5.97 Å². The van der Waals surface area contributed by atoms with Gasteiger partial charge in [-0.1, -0.05) is 6.92 Å². The van der Waals surface area contributed by atoms with Gasteiger partial charge in [0.1, 0.15) is 0 Å². The van der Waals surface area contributed by atoms with E-state index in [1.54, 1.807) is 34.5 Å². The molecule has 1 aliphatic heterocycles. The Balaban J connectivity index is 1.93. The first-order valence-corrected chi connectivity index (χ1v) is 9.44. The third kappa shape index (κ3) is 4.01. The van der Waals surface area contributed by atoms with Crippen molar-refractivity contribution in [3.8, 4) is 34.5 Å². The highest BCUT2D eigenvalue weighted by Gasteiger charge is 2.26. The Labute approximate surface area is 176 Å². The maximum Gasteiger partial charge on any atom is 0.339 e. The van der Waals surface area contributed by atoms with Gasteiger partial charge in [-0.2, -0.15) is 0 Å². The Kier molecular flexibility index (Phi) is 6.40. The number of methoxy groups -OCH3 is 5. The SMILES string of the molecule is COc1cc(C[C@H](C)C2=Cc3cc(OC)c(OC)c(c3)OC2=O)cc(OC)c1OC. The first-order chi connectivity index (χ1) is 14.4. The number of rotatable bonds is 8. The number of carbonyl (C=O) groups is 1. The summed E-state index contributed by atoms with van der Waals surface area (Å²) in [5.74, 6) is 2.34. The Hall–Kier alpha value is -3.35. The summed E-state index contributed by atoms with van der Waals surface area (Å²) in [4.78, 5) is 12.8. The smallest absolute Gasteiger partial charge is 0.339 e. The van der Waals surface area contributed by atoms with Crippen LogP contribution >= 0.6 is 0 Å². The van der Waals surface area contributed by atoms with E-state index in [2.05, 4.69) is 0 Å². The summed E-state index contributed by atoms with van der Waals surface area (Å²) >= 11 is 0. The second-order valence-electron chi connectivity index (χ2n) is 6.88. The molecule has 0 aromatic heterocycles. The van der Waals surface area contributed by atoms with Gasteiger partial charge in [0.2, 0.25) is 11.5 Å². The molecule has 0 N–H and O–H groups in total. The zero-order valence-electron chi connectivity index (χ0n) is 18.0. The van der Waals surface area contributed by atoms with Gasteiger partial charge in [-0.25, -0.2) is 4.79 Å². The highest BCUT2D eigenvalue weighted by atomic mass is 16.6. The van der Waals surface area contributed by atoms with Gasteiger partial charge < -0.3 is 28.4 Å². The van der Waals surface area contributed by atoms with Gasteiger partial charge in [-0.05, 0) is 53.8 Å². The van der Waals surface area contributed by atoms with Crippen LogP contribution < -0.4 is 28.4 Å². The van der Waals surface area contributed by atoms with Crippen molar-refractivity contribution in [3.05, 3.63) is 41.0 Å². The van der Waals surface area contributed by atoms with Crippen LogP contribution in [0.5, 0.6) is 34.5 Å². The van der Waals surface area contributed by atoms with E-state index in [1.165, 1.54) is 7.11 Å². The number of hydrogen-bond donors (Lipinski definition) is 0. The number of carbonyl (C=O) groups excluding carboxylic acids is 1. The van der Waals surface area contributed by atoms with Gasteiger partial charge in [-0.15, -0.1) is 0 Å². The molecule has 0 saturated heterocycles. The lowest BCUT2D eigenvalue weighted by Crippen LogP contribution is -2.17. The Morgan fingerprint density at radius 1 is 0.800 bits per heavy atom. The molecule has 3 rings (SSSR count). The second-order valence-corrected chi connectivity index (χ2v) is 6.88. The number of fused-ring (bicyclic) bond motifs is 2. The van der Waals surface area contributed by atoms with Gasteiger partial charge in [0.15, 0.2) is 23.0 Å². The van der Waals surface area contributed by atoms with E-state index < -0.39 is 5.97 Å². The minimum absolute atomic E-state index is 0.133. The van der Waals surface area contributed by atoms with Crippen molar-refractivity contribution in [3.63, 3.8) is 0 Å². The Morgan fingerprint density at radius 3 is 1.90 bits per heavy atom. The third-order valence-electron chi connectivity index (χ3n) is 5.02. The molecule has 0 unspecified atom stereocenters. The Bertz CT molecular complexity index is 953. The fourth-order valence-electron chi connectivity index (χ4n) is 3.57. The van der Waals surface area contributed by atoms with Crippen molar-refractivity contribution in [1.82, 2.24) is 0 Å². The van der Waals surface area contributed by atoms with Crippen LogP contribution in [-0.2, 0) is 11.2 Å². The fraction of sp³-hybridized carbons (Fsp3) is 0.348. The molecule has 0 radical (unpaired) electrons. The average Bonchev–Trinajstić information content (AvgIpc) is 2.88. The summed E-state index contributed by atoms with van der Waals surface area (Å²) < 4.78 is 32.5. The molecule has 1 heterocycles. The molecule has 2 bridgehead atoms. The fourth-order valence-corrected chi connectivity index (χ4v) is 3.57. The first-order valence-electron chi connectivity index (χ1n) is 9.44. The van der Waals surface area contributed by atoms with Gasteiger partial charge in [0.05, 0.1) is 35.5 Å². The van der Waals surface area contributed by atoms with Crippen LogP contribution in [0, 0.1) is 5.92 Å². The molecule has 2 aromatic rings. The predicted molar refractivity (Wildman–Crippen MR) is 112 cm³/mol. The molecule has 160 valence electrons. The van der Waals surface area contributed by atoms with E-state index in [1.807, 2.05) is 31.2 Å². The largest absolute Gasteiger partial charge is 0.493 e. The lowest BCUT2D eigenvalue weighted by atomic mass is 9.92. The molecule has 7 heteroatoms. The summed E-state index contributed by atoms with van der Waals surface area (Å²) in [7, 11) is 7.76. The molecule has 1 atom stereocenters. The van der Waals surface area contributed by atoms with Gasteiger partial charge in [0.25, 0.3) is 0 Å². The first kappa shape index (κ1) is 21.4. The second kappa shape index (κ2) is 8.98. The van der Waals surface area contributed by atoms with Crippen LogP contribution in [0.1, 0.15) is 18.1 Å². The molecule has 0 saturated carbocycles. The molecule has 1 aliphatic rings. The van der Waals surface area contributed by atoms with E-state index in [4.69, 9.17) is 28.4 Å². The van der Waals surface area contributed by atoms with E-state index in [0.717, 1.165) is 11.1 Å². The van der Waals surface area contributed by atoms with Gasteiger partial charge in [-0.3, -0.25) is 0 Å². The van der Waals surface area contributed by atoms with Crippen molar-refractivity contribution in [1.29, 1.82) is 0 Å². The van der Waals surface area contributed by atoms with Crippen LogP contribution in [0.3, 0.4) is 0 Å². The standard InChI is InChI=1S/C23H26O7/c1-13(7-14-9-17(25-2)21(28-5)18(10-14)26-3)16-8-15-11-19(27-4)22(29-6)20(12-15)30-23(16)24/h8-13H,7H2,1-6H3/t13-/m0/s1. The van der Waals surface area contributed by atoms with E-state index in [9.17, 15) is 4.79 Å². The maximum absolute atomic E-state index is 12.8. The van der Waals surface area contributed by atoms with E-state index in [0.29, 0.717) is 46.5 Å². The lowest BCUT2D eigenvalue weighted by molar-refractivity contribution is -0.130. The minimum Gasteiger partial charge on any atom is -0.493 e. The monoisotopic (exact) mass is 414 g/mol. The number of benzene rings is 2. The summed E-state index contributed by atoms with van der Waals surface area (Å²) in [5.41, 5.74) is 2.30. The Morgan fingerprint density at radius 2 is 1.37 bits per heavy atom. The normalized spacial score (nSPS) is 13.5. The summed E-state index contributed by atoms with van der Waals surface area (Å²) in [6.45, 7) is 1.97. The van der Waals surface area contributed by atoms with Crippen molar-refractivity contribution in [2.75, 3.05) is 35.5 Å². The highest BCUT2D eigenvalue weighted by molar-refractivity contribution is 5.97. The van der Waals surface area contributed by atoms with Gasteiger partial charge in [0, 0.05) is 5.57 Å². The highest BCUT2D eigenvalue weighted by Crippen LogP contribution is 2.42. The van der Waals surface area contributed by atoms with Crippen molar-refractivity contribution >= 4 is 12.0 Å². The van der Waals surface area contributed by atoms with Crippen LogP contribution in [-0.4, -0.2) is 41.5 Å². The molecular weight excluding hydrogens is 388 g/mol. The molecule has 0 fully saturated rings. The van der Waals surface area contributed by atoms with Crippen molar-refractivity contribution in [2.45, 2.75) is 13.3 Å². The molecule has 2 aromatic carbocycles. The quantitative estimate of drug-likeness (QED) is 0.479. The summed E-state index contributed by atoms with van der Waals surface area (Å²) in [6, 6.07) is 7.34. The molecule has 0 spiro atoms. The van der Waals surface area contributed by atoms with E-state index >= 15 is 0 Å². The molecule has 30 heavy (non-hydrogen) atoms. The molecule has 7 nitrogen and oxygen atoms in total. The van der Waals surface area contributed by atoms with Crippen LogP contribution in [0.15, 0.2) is 29.8 Å². The molecule has 0 aliphatic carbocycles. The molecule has 0 amide bonds. The average molecular weight is 414 g/mol. The van der Waals surface area contributed by atoms with Crippen LogP contribution in [0.2, 0.25) is 0 Å². The van der Waals surface area contributed by atoms with Crippen molar-refractivity contribution in [2.24, 2.45) is 5.92 Å². The number of esters is 1. The van der Waals surface area contributed by atoms with E-state index in [-0.39, 0.29) is 5.92 Å². The van der Waals surface area contributed by atoms with Crippen molar-refractivity contribution < 1.29 is 33.2 Å². The third-order valence-corrected chi connectivity index (χ3v) is 5.02. The maximum atomic E-state index is 12.8. The topological polar surface area (TPSA) is 72.5 Å². The van der Waals surface area contributed by atoms with Crippen LogP contribution in [0.4, 0.5) is 0 Å². The predicted octanol–water partition coefficient (Wildman–Crippen LogP) is 3.91. The zero-order valence-corrected chi connectivity index (χ0v) is 18.0. The lowest BCUT2D eigenvalue weighted by Gasteiger charge is -2.17. The number of hydrogen-bond acceptors (Lipinski definition) is 7. The zero-order chi connectivity index (χ0) is 21.8.